The second kappa shape index (κ2) is 5.20. The summed E-state index contributed by atoms with van der Waals surface area (Å²) in [6, 6.07) is 6.50. The molecular weight excluding hydrogens is 258 g/mol. The van der Waals surface area contributed by atoms with Crippen LogP contribution < -0.4 is 5.32 Å². The summed E-state index contributed by atoms with van der Waals surface area (Å²) in [4.78, 5) is 24.9. The lowest BCUT2D eigenvalue weighted by Gasteiger charge is -2.27. The van der Waals surface area contributed by atoms with Gasteiger partial charge in [0, 0.05) is 36.3 Å². The Morgan fingerprint density at radius 3 is 2.90 bits per heavy atom. The number of fused-ring (bicyclic) bond motifs is 2. The molecule has 20 heavy (non-hydrogen) atoms. The van der Waals surface area contributed by atoms with Gasteiger partial charge in [-0.2, -0.15) is 0 Å². The van der Waals surface area contributed by atoms with Gasteiger partial charge in [0.05, 0.1) is 4.92 Å². The summed E-state index contributed by atoms with van der Waals surface area (Å²) in [6.07, 6.45) is 3.00. The Morgan fingerprint density at radius 1 is 1.30 bits per heavy atom. The van der Waals surface area contributed by atoms with Gasteiger partial charge < -0.3 is 10.2 Å². The number of nitro benzene ring substituents is 1. The Morgan fingerprint density at radius 2 is 2.10 bits per heavy atom. The number of amides is 1. The van der Waals surface area contributed by atoms with Gasteiger partial charge in [0.1, 0.15) is 0 Å². The van der Waals surface area contributed by atoms with Gasteiger partial charge in [0.2, 0.25) is 0 Å². The number of benzene rings is 1. The number of carbonyl (C=O) groups excluding carboxylic acids is 1. The number of hydrogen-bond acceptors (Lipinski definition) is 4. The highest BCUT2D eigenvalue weighted by molar-refractivity contribution is 5.95. The first-order valence-corrected chi connectivity index (χ1v) is 6.94. The first-order valence-electron chi connectivity index (χ1n) is 6.94. The average Bonchev–Trinajstić information content (AvgIpc) is 2.71. The van der Waals surface area contributed by atoms with Gasteiger partial charge in [0.15, 0.2) is 0 Å². The molecule has 2 heterocycles. The van der Waals surface area contributed by atoms with Crippen molar-refractivity contribution in [3.8, 4) is 0 Å². The van der Waals surface area contributed by atoms with Gasteiger partial charge in [-0.25, -0.2) is 0 Å². The molecule has 2 bridgehead atoms. The maximum atomic E-state index is 12.7. The van der Waals surface area contributed by atoms with Crippen molar-refractivity contribution in [2.24, 2.45) is 0 Å². The monoisotopic (exact) mass is 275 g/mol. The predicted octanol–water partition coefficient (Wildman–Crippen LogP) is 1.56. The molecule has 2 aliphatic heterocycles. The summed E-state index contributed by atoms with van der Waals surface area (Å²) in [6.45, 7) is 1.75. The number of rotatable bonds is 2. The molecule has 1 amide bonds. The standard InChI is InChI=1S/C14H17N3O3/c18-14(10-2-1-3-12(8-10)17(19)20)16-11-4-5-13(16)9-15-7-6-11/h1-3,8,11,13,15H,4-7,9H2. The van der Waals surface area contributed by atoms with Gasteiger partial charge in [0.25, 0.3) is 11.6 Å². The molecule has 1 aromatic rings. The molecule has 0 spiro atoms. The van der Waals surface area contributed by atoms with Gasteiger partial charge >= 0.3 is 0 Å². The molecule has 2 unspecified atom stereocenters. The van der Waals surface area contributed by atoms with E-state index in [1.54, 1.807) is 12.1 Å². The number of nitro groups is 1. The van der Waals surface area contributed by atoms with E-state index in [0.717, 1.165) is 32.4 Å². The zero-order valence-corrected chi connectivity index (χ0v) is 11.1. The minimum absolute atomic E-state index is 0.0313. The molecule has 3 rings (SSSR count). The van der Waals surface area contributed by atoms with Crippen LogP contribution in [0.3, 0.4) is 0 Å². The van der Waals surface area contributed by atoms with Crippen molar-refractivity contribution in [3.63, 3.8) is 0 Å². The van der Waals surface area contributed by atoms with E-state index >= 15 is 0 Å². The SMILES string of the molecule is O=C(c1cccc([N+](=O)[O-])c1)N1C2CCNCC1CC2. The van der Waals surface area contributed by atoms with Crippen LogP contribution in [0.1, 0.15) is 29.6 Å². The van der Waals surface area contributed by atoms with Gasteiger partial charge in [-0.3, -0.25) is 14.9 Å². The highest BCUT2D eigenvalue weighted by Gasteiger charge is 2.38. The Bertz CT molecular complexity index is 532. The highest BCUT2D eigenvalue weighted by atomic mass is 16.6. The van der Waals surface area contributed by atoms with E-state index in [4.69, 9.17) is 0 Å². The topological polar surface area (TPSA) is 75.5 Å². The minimum atomic E-state index is -0.463. The zero-order chi connectivity index (χ0) is 14.1. The maximum absolute atomic E-state index is 12.7. The Kier molecular flexibility index (Phi) is 3.40. The Balaban J connectivity index is 1.88. The molecule has 0 aliphatic carbocycles. The molecule has 2 atom stereocenters. The lowest BCUT2D eigenvalue weighted by molar-refractivity contribution is -0.384. The molecule has 0 aromatic heterocycles. The average molecular weight is 275 g/mol. The van der Waals surface area contributed by atoms with E-state index in [2.05, 4.69) is 5.32 Å². The van der Waals surface area contributed by atoms with Crippen molar-refractivity contribution in [2.45, 2.75) is 31.3 Å². The summed E-state index contributed by atoms with van der Waals surface area (Å²) in [5, 5.41) is 14.2. The second-order valence-electron chi connectivity index (χ2n) is 5.40. The fourth-order valence-corrected chi connectivity index (χ4v) is 3.22. The molecule has 2 fully saturated rings. The largest absolute Gasteiger partial charge is 0.331 e. The summed E-state index contributed by atoms with van der Waals surface area (Å²) < 4.78 is 0. The van der Waals surface area contributed by atoms with Crippen molar-refractivity contribution >= 4 is 11.6 Å². The zero-order valence-electron chi connectivity index (χ0n) is 11.1. The quantitative estimate of drug-likeness (QED) is 0.656. The molecular formula is C14H17N3O3. The fraction of sp³-hybridized carbons (Fsp3) is 0.500. The summed E-state index contributed by atoms with van der Waals surface area (Å²) in [5.74, 6) is -0.0788. The first-order chi connectivity index (χ1) is 9.66. The highest BCUT2D eigenvalue weighted by Crippen LogP contribution is 2.30. The minimum Gasteiger partial charge on any atom is -0.331 e. The lowest BCUT2D eigenvalue weighted by Crippen LogP contribution is -2.42. The summed E-state index contributed by atoms with van der Waals surface area (Å²) in [7, 11) is 0. The number of non-ortho nitro benzene ring substituents is 1. The Labute approximate surface area is 116 Å². The summed E-state index contributed by atoms with van der Waals surface area (Å²) >= 11 is 0. The van der Waals surface area contributed by atoms with Crippen LogP contribution in [0.15, 0.2) is 24.3 Å². The van der Waals surface area contributed by atoms with Crippen LogP contribution in [0.5, 0.6) is 0 Å². The first kappa shape index (κ1) is 13.1. The van der Waals surface area contributed by atoms with E-state index in [9.17, 15) is 14.9 Å². The molecule has 2 aliphatic rings. The molecule has 0 radical (unpaired) electrons. The van der Waals surface area contributed by atoms with Crippen LogP contribution in [-0.2, 0) is 0 Å². The van der Waals surface area contributed by atoms with Crippen LogP contribution in [0.4, 0.5) is 5.69 Å². The third kappa shape index (κ3) is 2.27. The van der Waals surface area contributed by atoms with E-state index in [1.165, 1.54) is 12.1 Å². The normalized spacial score (nSPS) is 25.3. The van der Waals surface area contributed by atoms with E-state index in [-0.39, 0.29) is 23.7 Å². The third-order valence-electron chi connectivity index (χ3n) is 4.19. The number of nitrogens with zero attached hydrogens (tertiary/aromatic N) is 2. The van der Waals surface area contributed by atoms with E-state index in [1.807, 2.05) is 4.90 Å². The molecule has 1 aromatic carbocycles. The van der Waals surface area contributed by atoms with E-state index in [0.29, 0.717) is 5.56 Å². The smallest absolute Gasteiger partial charge is 0.270 e. The second-order valence-corrected chi connectivity index (χ2v) is 5.40. The lowest BCUT2D eigenvalue weighted by atomic mass is 10.1. The molecule has 6 nitrogen and oxygen atoms in total. The van der Waals surface area contributed by atoms with Gasteiger partial charge in [-0.1, -0.05) is 6.07 Å². The molecule has 2 saturated heterocycles. The van der Waals surface area contributed by atoms with Crippen LogP contribution >= 0.6 is 0 Å². The van der Waals surface area contributed by atoms with Gasteiger partial charge in [-0.15, -0.1) is 0 Å². The van der Waals surface area contributed by atoms with Crippen LogP contribution in [0, 0.1) is 10.1 Å². The number of carbonyl (C=O) groups is 1. The fourth-order valence-electron chi connectivity index (χ4n) is 3.22. The van der Waals surface area contributed by atoms with Crippen molar-refractivity contribution < 1.29 is 9.72 Å². The molecule has 1 N–H and O–H groups in total. The number of nitrogens with one attached hydrogen (secondary N) is 1. The van der Waals surface area contributed by atoms with E-state index < -0.39 is 4.92 Å². The van der Waals surface area contributed by atoms with Crippen LogP contribution in [0.25, 0.3) is 0 Å². The van der Waals surface area contributed by atoms with Crippen molar-refractivity contribution in [1.82, 2.24) is 10.2 Å². The molecule has 106 valence electrons. The van der Waals surface area contributed by atoms with Crippen molar-refractivity contribution in [1.29, 1.82) is 0 Å². The molecule has 0 saturated carbocycles. The Hall–Kier alpha value is -1.95. The van der Waals surface area contributed by atoms with Crippen LogP contribution in [0.2, 0.25) is 0 Å². The van der Waals surface area contributed by atoms with Crippen molar-refractivity contribution in [2.75, 3.05) is 13.1 Å². The summed E-state index contributed by atoms with van der Waals surface area (Å²) in [5.41, 5.74) is 0.383. The van der Waals surface area contributed by atoms with Crippen molar-refractivity contribution in [3.05, 3.63) is 39.9 Å². The molecule has 6 heteroatoms. The van der Waals surface area contributed by atoms with Gasteiger partial charge in [-0.05, 0) is 31.9 Å². The van der Waals surface area contributed by atoms with Crippen LogP contribution in [-0.4, -0.2) is 40.9 Å². The number of hydrogen-bond donors (Lipinski definition) is 1. The third-order valence-corrected chi connectivity index (χ3v) is 4.19. The predicted molar refractivity (Wildman–Crippen MR) is 73.6 cm³/mol. The maximum Gasteiger partial charge on any atom is 0.270 e.